The number of halogens is 1. The van der Waals surface area contributed by atoms with Crippen molar-refractivity contribution >= 4 is 15.9 Å². The number of hydrogen-bond donors (Lipinski definition) is 0. The fourth-order valence-corrected chi connectivity index (χ4v) is 2.50. The van der Waals surface area contributed by atoms with Crippen LogP contribution in [0.15, 0.2) is 30.3 Å². The van der Waals surface area contributed by atoms with Crippen molar-refractivity contribution in [3.63, 3.8) is 0 Å². The predicted octanol–water partition coefficient (Wildman–Crippen LogP) is 4.82. The topological polar surface area (TPSA) is 0 Å². The van der Waals surface area contributed by atoms with Crippen molar-refractivity contribution in [2.45, 2.75) is 44.4 Å². The molecular weight excluding hydrogens is 248 g/mol. The van der Waals surface area contributed by atoms with Gasteiger partial charge in [0.2, 0.25) is 0 Å². The minimum Gasteiger partial charge on any atom is -0.0888 e. The van der Waals surface area contributed by atoms with Crippen LogP contribution in [-0.2, 0) is 6.42 Å². The van der Waals surface area contributed by atoms with E-state index in [2.05, 4.69) is 60.1 Å². The molecule has 15 heavy (non-hydrogen) atoms. The van der Waals surface area contributed by atoms with Gasteiger partial charge in [-0.05, 0) is 30.7 Å². The molecule has 2 unspecified atom stereocenters. The van der Waals surface area contributed by atoms with E-state index in [1.165, 1.54) is 31.2 Å². The quantitative estimate of drug-likeness (QED) is 0.649. The van der Waals surface area contributed by atoms with E-state index in [1.807, 2.05) is 0 Å². The van der Waals surface area contributed by atoms with Crippen LogP contribution in [0, 0.1) is 5.92 Å². The van der Waals surface area contributed by atoms with E-state index in [0.29, 0.717) is 4.83 Å². The summed E-state index contributed by atoms with van der Waals surface area (Å²) in [6, 6.07) is 10.8. The molecule has 0 amide bonds. The molecule has 0 bridgehead atoms. The average molecular weight is 269 g/mol. The van der Waals surface area contributed by atoms with Crippen molar-refractivity contribution in [2.24, 2.45) is 5.92 Å². The Labute approximate surface area is 102 Å². The lowest BCUT2D eigenvalue weighted by molar-refractivity contribution is 0.492. The van der Waals surface area contributed by atoms with Crippen molar-refractivity contribution in [2.75, 3.05) is 0 Å². The fraction of sp³-hybridized carbons (Fsp3) is 0.571. The van der Waals surface area contributed by atoms with Crippen LogP contribution in [0.1, 0.15) is 38.7 Å². The second kappa shape index (κ2) is 7.05. The molecule has 0 aliphatic rings. The summed E-state index contributed by atoms with van der Waals surface area (Å²) in [5.41, 5.74) is 1.46. The molecule has 1 heteroatoms. The van der Waals surface area contributed by atoms with Crippen LogP contribution >= 0.6 is 15.9 Å². The first-order valence-electron chi connectivity index (χ1n) is 5.92. The molecule has 0 aromatic heterocycles. The summed E-state index contributed by atoms with van der Waals surface area (Å²) in [5.74, 6) is 0.769. The van der Waals surface area contributed by atoms with Gasteiger partial charge in [0, 0.05) is 4.83 Å². The van der Waals surface area contributed by atoms with Gasteiger partial charge in [-0.25, -0.2) is 0 Å². The molecule has 0 nitrogen and oxygen atoms in total. The van der Waals surface area contributed by atoms with Gasteiger partial charge >= 0.3 is 0 Å². The van der Waals surface area contributed by atoms with Gasteiger partial charge in [0.1, 0.15) is 0 Å². The van der Waals surface area contributed by atoms with Crippen LogP contribution in [0.3, 0.4) is 0 Å². The van der Waals surface area contributed by atoms with Gasteiger partial charge in [-0.3, -0.25) is 0 Å². The van der Waals surface area contributed by atoms with Gasteiger partial charge in [-0.1, -0.05) is 66.5 Å². The number of benzene rings is 1. The summed E-state index contributed by atoms with van der Waals surface area (Å²) in [6.07, 6.45) is 5.04. The number of rotatable bonds is 6. The third-order valence-electron chi connectivity index (χ3n) is 2.91. The first-order chi connectivity index (χ1) is 7.24. The van der Waals surface area contributed by atoms with Gasteiger partial charge in [0.25, 0.3) is 0 Å². The summed E-state index contributed by atoms with van der Waals surface area (Å²) in [4.78, 5) is 0.686. The Bertz CT molecular complexity index is 255. The third-order valence-corrected chi connectivity index (χ3v) is 4.27. The predicted molar refractivity (Wildman–Crippen MR) is 71.6 cm³/mol. The van der Waals surface area contributed by atoms with Gasteiger partial charge in [0.15, 0.2) is 0 Å². The van der Waals surface area contributed by atoms with Crippen LogP contribution < -0.4 is 0 Å². The summed E-state index contributed by atoms with van der Waals surface area (Å²) in [5, 5.41) is 0. The maximum absolute atomic E-state index is 3.78. The van der Waals surface area contributed by atoms with E-state index in [-0.39, 0.29) is 0 Å². The van der Waals surface area contributed by atoms with Crippen molar-refractivity contribution in [3.05, 3.63) is 35.9 Å². The van der Waals surface area contributed by atoms with E-state index in [0.717, 1.165) is 5.92 Å². The smallest absolute Gasteiger partial charge is 0.0171 e. The Hall–Kier alpha value is -0.300. The third kappa shape index (κ3) is 4.83. The Balaban J connectivity index is 2.31. The van der Waals surface area contributed by atoms with Crippen molar-refractivity contribution in [1.29, 1.82) is 0 Å². The highest BCUT2D eigenvalue weighted by Crippen LogP contribution is 2.22. The van der Waals surface area contributed by atoms with Crippen LogP contribution in [0.4, 0.5) is 0 Å². The van der Waals surface area contributed by atoms with E-state index >= 15 is 0 Å². The summed E-state index contributed by atoms with van der Waals surface area (Å²) in [6.45, 7) is 4.59. The van der Waals surface area contributed by atoms with E-state index in [9.17, 15) is 0 Å². The highest BCUT2D eigenvalue weighted by Gasteiger charge is 2.12. The molecule has 2 atom stereocenters. The maximum Gasteiger partial charge on any atom is 0.0171 e. The number of alkyl halides is 1. The average Bonchev–Trinajstić information content (AvgIpc) is 2.27. The highest BCUT2D eigenvalue weighted by molar-refractivity contribution is 9.09. The molecule has 0 aliphatic carbocycles. The van der Waals surface area contributed by atoms with Crippen LogP contribution in [0.5, 0.6) is 0 Å². The maximum atomic E-state index is 3.78. The van der Waals surface area contributed by atoms with Crippen molar-refractivity contribution < 1.29 is 0 Å². The van der Waals surface area contributed by atoms with Gasteiger partial charge < -0.3 is 0 Å². The fourth-order valence-electron chi connectivity index (χ4n) is 1.78. The SMILES string of the molecule is CCCC(Br)C(C)CCc1ccccc1. The van der Waals surface area contributed by atoms with Crippen LogP contribution in [0.2, 0.25) is 0 Å². The molecule has 0 saturated heterocycles. The first kappa shape index (κ1) is 12.8. The zero-order valence-electron chi connectivity index (χ0n) is 9.75. The summed E-state index contributed by atoms with van der Waals surface area (Å²) < 4.78 is 0. The molecule has 0 fully saturated rings. The molecule has 1 aromatic rings. The van der Waals surface area contributed by atoms with Gasteiger partial charge in [-0.15, -0.1) is 0 Å². The standard InChI is InChI=1S/C14H21Br/c1-3-7-14(15)12(2)10-11-13-8-5-4-6-9-13/h4-6,8-9,12,14H,3,7,10-11H2,1-2H3. The summed E-state index contributed by atoms with van der Waals surface area (Å²) >= 11 is 3.78. The normalized spacial score (nSPS) is 14.9. The van der Waals surface area contributed by atoms with E-state index in [1.54, 1.807) is 0 Å². The first-order valence-corrected chi connectivity index (χ1v) is 6.83. The molecular formula is C14H21Br. The lowest BCUT2D eigenvalue weighted by Gasteiger charge is -2.17. The molecule has 84 valence electrons. The molecule has 1 aromatic carbocycles. The molecule has 0 N–H and O–H groups in total. The molecule has 0 spiro atoms. The number of aryl methyl sites for hydroxylation is 1. The van der Waals surface area contributed by atoms with Gasteiger partial charge in [0.05, 0.1) is 0 Å². The largest absolute Gasteiger partial charge is 0.0888 e. The van der Waals surface area contributed by atoms with Crippen molar-refractivity contribution in [1.82, 2.24) is 0 Å². The highest BCUT2D eigenvalue weighted by atomic mass is 79.9. The van der Waals surface area contributed by atoms with Gasteiger partial charge in [-0.2, -0.15) is 0 Å². The minimum absolute atomic E-state index is 0.686. The van der Waals surface area contributed by atoms with Crippen LogP contribution in [-0.4, -0.2) is 4.83 Å². The zero-order chi connectivity index (χ0) is 11.1. The zero-order valence-corrected chi connectivity index (χ0v) is 11.3. The molecule has 0 saturated carbocycles. The molecule has 1 rings (SSSR count). The summed E-state index contributed by atoms with van der Waals surface area (Å²) in [7, 11) is 0. The Morgan fingerprint density at radius 2 is 1.80 bits per heavy atom. The van der Waals surface area contributed by atoms with E-state index < -0.39 is 0 Å². The molecule has 0 heterocycles. The van der Waals surface area contributed by atoms with E-state index in [4.69, 9.17) is 0 Å². The number of hydrogen-bond acceptors (Lipinski definition) is 0. The minimum atomic E-state index is 0.686. The Morgan fingerprint density at radius 3 is 2.40 bits per heavy atom. The Kier molecular flexibility index (Phi) is 6.00. The molecule has 0 aliphatic heterocycles. The molecule has 0 radical (unpaired) electrons. The lowest BCUT2D eigenvalue weighted by atomic mass is 9.96. The Morgan fingerprint density at radius 1 is 1.13 bits per heavy atom. The van der Waals surface area contributed by atoms with Crippen molar-refractivity contribution in [3.8, 4) is 0 Å². The second-order valence-corrected chi connectivity index (χ2v) is 5.48. The second-order valence-electron chi connectivity index (χ2n) is 4.31. The van der Waals surface area contributed by atoms with Crippen LogP contribution in [0.25, 0.3) is 0 Å². The monoisotopic (exact) mass is 268 g/mol. The lowest BCUT2D eigenvalue weighted by Crippen LogP contribution is -2.11.